The van der Waals surface area contributed by atoms with Crippen LogP contribution in [0.15, 0.2) is 0 Å². The van der Waals surface area contributed by atoms with E-state index in [1.54, 1.807) is 14.2 Å². The molecule has 0 aliphatic carbocycles. The number of nitrogens with zero attached hydrogens (tertiary/aromatic N) is 3. The molecule has 0 aliphatic rings. The first kappa shape index (κ1) is 15.4. The van der Waals surface area contributed by atoms with Crippen LogP contribution in [0.2, 0.25) is 0 Å². The monoisotopic (exact) mass is 271 g/mol. The van der Waals surface area contributed by atoms with Crippen molar-refractivity contribution < 1.29 is 14.6 Å². The van der Waals surface area contributed by atoms with Gasteiger partial charge in [0.05, 0.1) is 19.3 Å². The third kappa shape index (κ3) is 5.23. The van der Waals surface area contributed by atoms with Crippen LogP contribution in [0.5, 0.6) is 6.01 Å². The Bertz CT molecular complexity index is 371. The molecule has 0 bridgehead atoms. The van der Waals surface area contributed by atoms with Gasteiger partial charge in [-0.05, 0) is 13.3 Å². The van der Waals surface area contributed by atoms with Crippen LogP contribution in [0.4, 0.5) is 11.9 Å². The van der Waals surface area contributed by atoms with Crippen molar-refractivity contribution in [2.75, 3.05) is 44.6 Å². The third-order valence-corrected chi connectivity index (χ3v) is 2.29. The van der Waals surface area contributed by atoms with Gasteiger partial charge in [0.15, 0.2) is 0 Å². The highest BCUT2D eigenvalue weighted by atomic mass is 16.5. The van der Waals surface area contributed by atoms with Gasteiger partial charge < -0.3 is 25.2 Å². The summed E-state index contributed by atoms with van der Waals surface area (Å²) in [6, 6.07) is 0.182. The van der Waals surface area contributed by atoms with Gasteiger partial charge in [0.25, 0.3) is 0 Å². The normalized spacial score (nSPS) is 12.0. The second-order valence-electron chi connectivity index (χ2n) is 3.76. The van der Waals surface area contributed by atoms with Gasteiger partial charge in [-0.2, -0.15) is 15.0 Å². The number of aromatic nitrogens is 3. The fraction of sp³-hybridized carbons (Fsp3) is 0.727. The predicted octanol–water partition coefficient (Wildman–Crippen LogP) is 0.121. The summed E-state index contributed by atoms with van der Waals surface area (Å²) in [7, 11) is 3.32. The maximum absolute atomic E-state index is 9.00. The Morgan fingerprint density at radius 1 is 1.26 bits per heavy atom. The van der Waals surface area contributed by atoms with Crippen LogP contribution in [0.3, 0.4) is 0 Å². The van der Waals surface area contributed by atoms with Crippen LogP contribution in [0, 0.1) is 0 Å². The summed E-state index contributed by atoms with van der Waals surface area (Å²) in [6.07, 6.45) is 0.540. The van der Waals surface area contributed by atoms with Gasteiger partial charge in [0.1, 0.15) is 0 Å². The summed E-state index contributed by atoms with van der Waals surface area (Å²) in [4.78, 5) is 12.4. The molecule has 3 N–H and O–H groups in total. The highest BCUT2D eigenvalue weighted by Crippen LogP contribution is 2.12. The van der Waals surface area contributed by atoms with E-state index in [1.807, 2.05) is 6.92 Å². The van der Waals surface area contributed by atoms with Gasteiger partial charge in [-0.3, -0.25) is 0 Å². The van der Waals surface area contributed by atoms with Crippen molar-refractivity contribution in [1.82, 2.24) is 15.0 Å². The van der Waals surface area contributed by atoms with E-state index in [-0.39, 0.29) is 18.7 Å². The molecule has 108 valence electrons. The van der Waals surface area contributed by atoms with Gasteiger partial charge in [0.2, 0.25) is 11.9 Å². The zero-order valence-electron chi connectivity index (χ0n) is 11.5. The smallest absolute Gasteiger partial charge is 0.323 e. The maximum atomic E-state index is 9.00. The molecule has 0 saturated heterocycles. The zero-order chi connectivity index (χ0) is 14.1. The molecule has 0 radical (unpaired) electrons. The molecule has 0 amide bonds. The van der Waals surface area contributed by atoms with E-state index < -0.39 is 0 Å². The number of hydrogen-bond donors (Lipinski definition) is 3. The lowest BCUT2D eigenvalue weighted by Gasteiger charge is -2.17. The maximum Gasteiger partial charge on any atom is 0.323 e. The number of hydrogen-bond acceptors (Lipinski definition) is 8. The molecule has 0 saturated carbocycles. The van der Waals surface area contributed by atoms with E-state index in [9.17, 15) is 0 Å². The molecule has 1 rings (SSSR count). The minimum absolute atomic E-state index is 0.0588. The Balaban J connectivity index is 2.81. The minimum atomic E-state index is -0.0726. The molecule has 8 heteroatoms. The fourth-order valence-corrected chi connectivity index (χ4v) is 1.46. The topological polar surface area (TPSA) is 101 Å². The number of nitrogens with one attached hydrogen (secondary N) is 2. The summed E-state index contributed by atoms with van der Waals surface area (Å²) >= 11 is 0. The summed E-state index contributed by atoms with van der Waals surface area (Å²) < 4.78 is 10.3. The fourth-order valence-electron chi connectivity index (χ4n) is 1.46. The summed E-state index contributed by atoms with van der Waals surface area (Å²) in [5.74, 6) is 0.805. The molecule has 0 spiro atoms. The van der Waals surface area contributed by atoms with E-state index in [1.165, 1.54) is 0 Å². The van der Waals surface area contributed by atoms with Crippen molar-refractivity contribution in [3.63, 3.8) is 0 Å². The van der Waals surface area contributed by atoms with Crippen LogP contribution in [-0.4, -0.2) is 60.1 Å². The van der Waals surface area contributed by atoms with Crippen molar-refractivity contribution >= 4 is 11.9 Å². The van der Waals surface area contributed by atoms with E-state index in [4.69, 9.17) is 14.6 Å². The van der Waals surface area contributed by atoms with Crippen LogP contribution < -0.4 is 15.4 Å². The molecule has 0 fully saturated rings. The second-order valence-corrected chi connectivity index (χ2v) is 3.76. The highest BCUT2D eigenvalue weighted by Gasteiger charge is 2.12. The molecule has 19 heavy (non-hydrogen) atoms. The average Bonchev–Trinajstić information content (AvgIpc) is 2.39. The molecular weight excluding hydrogens is 250 g/mol. The second kappa shape index (κ2) is 8.44. The average molecular weight is 271 g/mol. The standard InChI is InChI=1S/C11H21N5O3/c1-4-19-11-15-9(12-2)14-10(16-11)13-8(5-6-17)7-18-3/h8,17H,4-7H2,1-3H3,(H2,12,13,14,15,16). The van der Waals surface area contributed by atoms with E-state index in [0.717, 1.165) is 0 Å². The number of methoxy groups -OCH3 is 1. The Morgan fingerprint density at radius 2 is 2.00 bits per heavy atom. The number of aliphatic hydroxyl groups is 1. The Morgan fingerprint density at radius 3 is 2.58 bits per heavy atom. The van der Waals surface area contributed by atoms with Gasteiger partial charge in [-0.25, -0.2) is 0 Å². The molecule has 0 aromatic carbocycles. The first-order chi connectivity index (χ1) is 9.23. The zero-order valence-corrected chi connectivity index (χ0v) is 11.5. The van der Waals surface area contributed by atoms with Crippen LogP contribution >= 0.6 is 0 Å². The van der Waals surface area contributed by atoms with Crippen molar-refractivity contribution in [3.05, 3.63) is 0 Å². The van der Waals surface area contributed by atoms with Crippen molar-refractivity contribution in [1.29, 1.82) is 0 Å². The summed E-state index contributed by atoms with van der Waals surface area (Å²) in [6.45, 7) is 2.84. The molecule has 1 aromatic rings. The lowest BCUT2D eigenvalue weighted by atomic mass is 10.2. The molecule has 0 aliphatic heterocycles. The van der Waals surface area contributed by atoms with Gasteiger partial charge in [-0.15, -0.1) is 0 Å². The first-order valence-corrected chi connectivity index (χ1v) is 6.16. The van der Waals surface area contributed by atoms with Crippen LogP contribution in [0.25, 0.3) is 0 Å². The number of rotatable bonds is 9. The SMILES string of the molecule is CCOc1nc(NC)nc(NC(CCO)COC)n1. The molecule has 1 heterocycles. The molecule has 1 unspecified atom stereocenters. The van der Waals surface area contributed by atoms with E-state index >= 15 is 0 Å². The van der Waals surface area contributed by atoms with Gasteiger partial charge >= 0.3 is 6.01 Å². The van der Waals surface area contributed by atoms with Crippen LogP contribution in [0.1, 0.15) is 13.3 Å². The summed E-state index contributed by atoms with van der Waals surface area (Å²) in [5.41, 5.74) is 0. The predicted molar refractivity (Wildman–Crippen MR) is 71.5 cm³/mol. The van der Waals surface area contributed by atoms with E-state index in [2.05, 4.69) is 25.6 Å². The van der Waals surface area contributed by atoms with Gasteiger partial charge in [0, 0.05) is 20.8 Å². The minimum Gasteiger partial charge on any atom is -0.464 e. The van der Waals surface area contributed by atoms with Crippen molar-refractivity contribution in [3.8, 4) is 6.01 Å². The molecule has 1 aromatic heterocycles. The number of anilines is 2. The first-order valence-electron chi connectivity index (χ1n) is 6.16. The largest absolute Gasteiger partial charge is 0.464 e. The molecule has 1 atom stereocenters. The Kier molecular flexibility index (Phi) is 6.83. The molecular formula is C11H21N5O3. The third-order valence-electron chi connectivity index (χ3n) is 2.29. The lowest BCUT2D eigenvalue weighted by molar-refractivity contribution is 0.170. The number of aliphatic hydroxyl groups excluding tert-OH is 1. The Hall–Kier alpha value is -1.67. The van der Waals surface area contributed by atoms with E-state index in [0.29, 0.717) is 31.5 Å². The van der Waals surface area contributed by atoms with Crippen molar-refractivity contribution in [2.24, 2.45) is 0 Å². The summed E-state index contributed by atoms with van der Waals surface area (Å²) in [5, 5.41) is 14.9. The highest BCUT2D eigenvalue weighted by molar-refractivity contribution is 5.36. The quantitative estimate of drug-likeness (QED) is 0.582. The molecule has 8 nitrogen and oxygen atoms in total. The Labute approximate surface area is 112 Å². The number of ether oxygens (including phenoxy) is 2. The lowest BCUT2D eigenvalue weighted by Crippen LogP contribution is -2.27. The van der Waals surface area contributed by atoms with Crippen LogP contribution in [-0.2, 0) is 4.74 Å². The van der Waals surface area contributed by atoms with Gasteiger partial charge in [-0.1, -0.05) is 0 Å². The van der Waals surface area contributed by atoms with Crippen molar-refractivity contribution in [2.45, 2.75) is 19.4 Å².